The predicted molar refractivity (Wildman–Crippen MR) is 150 cm³/mol. The molecule has 2 unspecified atom stereocenters. The second kappa shape index (κ2) is 10.6. The van der Waals surface area contributed by atoms with Gasteiger partial charge in [0, 0.05) is 25.0 Å². The molecule has 3 atom stereocenters. The number of likely N-dealkylation sites (tertiary alicyclic amines) is 1. The van der Waals surface area contributed by atoms with E-state index < -0.39 is 48.2 Å². The molecule has 1 aliphatic carbocycles. The Hall–Kier alpha value is -3.70. The molecule has 3 aliphatic heterocycles. The highest BCUT2D eigenvalue weighted by molar-refractivity contribution is 6.30. The molecule has 2 aromatic rings. The van der Waals surface area contributed by atoms with Gasteiger partial charge in [-0.05, 0) is 66.3 Å². The quantitative estimate of drug-likeness (QED) is 0.392. The minimum absolute atomic E-state index is 0.0114. The molecule has 3 amide bonds. The van der Waals surface area contributed by atoms with E-state index in [2.05, 4.69) is 25.9 Å². The van der Waals surface area contributed by atoms with Crippen LogP contribution in [0.25, 0.3) is 0 Å². The van der Waals surface area contributed by atoms with Crippen LogP contribution < -0.4 is 16.0 Å². The fourth-order valence-electron chi connectivity index (χ4n) is 5.76. The Kier molecular flexibility index (Phi) is 7.11. The smallest absolute Gasteiger partial charge is 0.322 e. The molecule has 0 radical (unpaired) electrons. The summed E-state index contributed by atoms with van der Waals surface area (Å²) < 4.78 is 43.9. The third-order valence-electron chi connectivity index (χ3n) is 8.07. The molecule has 4 heterocycles. The number of fused-ring (bicyclic) bond motifs is 1. The van der Waals surface area contributed by atoms with Gasteiger partial charge in [-0.25, -0.2) is 22.9 Å². The van der Waals surface area contributed by atoms with Crippen LogP contribution in [0.5, 0.6) is 0 Å². The molecule has 1 saturated carbocycles. The third-order valence-corrected chi connectivity index (χ3v) is 8.30. The summed E-state index contributed by atoms with van der Waals surface area (Å²) in [6, 6.07) is 4.91. The van der Waals surface area contributed by atoms with Gasteiger partial charge in [-0.15, -0.1) is 0 Å². The molecule has 3 fully saturated rings. The van der Waals surface area contributed by atoms with Crippen molar-refractivity contribution in [3.63, 3.8) is 0 Å². The van der Waals surface area contributed by atoms with Crippen molar-refractivity contribution in [2.24, 2.45) is 10.9 Å². The van der Waals surface area contributed by atoms with E-state index in [0.29, 0.717) is 10.9 Å². The maximum absolute atomic E-state index is 15.0. The number of benzene rings is 1. The number of carbonyl (C=O) groups excluding carboxylic acids is 2. The Labute approximate surface area is 239 Å². The first-order chi connectivity index (χ1) is 19.6. The summed E-state index contributed by atoms with van der Waals surface area (Å²) in [5, 5.41) is 8.83. The number of pyridine rings is 1. The number of nitrogens with one attached hydrogen (secondary N) is 3. The van der Waals surface area contributed by atoms with E-state index in [-0.39, 0.29) is 17.5 Å². The second-order valence-electron chi connectivity index (χ2n) is 11.0. The van der Waals surface area contributed by atoms with Crippen molar-refractivity contribution >= 4 is 41.3 Å². The first-order valence-corrected chi connectivity index (χ1v) is 13.9. The molecule has 12 heteroatoms. The summed E-state index contributed by atoms with van der Waals surface area (Å²) in [5.74, 6) is -4.17. The zero-order chi connectivity index (χ0) is 28.8. The van der Waals surface area contributed by atoms with Crippen molar-refractivity contribution in [2.45, 2.75) is 55.6 Å². The molecule has 2 saturated heterocycles. The highest BCUT2D eigenvalue weighted by Crippen LogP contribution is 2.48. The summed E-state index contributed by atoms with van der Waals surface area (Å²) in [7, 11) is 0. The fraction of sp³-hybridized carbons (Fsp3) is 0.379. The van der Waals surface area contributed by atoms with Crippen molar-refractivity contribution in [1.82, 2.24) is 15.2 Å². The molecule has 214 valence electrons. The summed E-state index contributed by atoms with van der Waals surface area (Å²) in [6.45, 7) is -0.966. The number of halogens is 4. The average molecular weight is 585 g/mol. The molecule has 4 aliphatic rings. The minimum atomic E-state index is -3.30. The first-order valence-electron chi connectivity index (χ1n) is 13.5. The van der Waals surface area contributed by atoms with Gasteiger partial charge in [-0.1, -0.05) is 30.5 Å². The van der Waals surface area contributed by atoms with Crippen LogP contribution in [0.15, 0.2) is 65.4 Å². The molecule has 3 N–H and O–H groups in total. The minimum Gasteiger partial charge on any atom is -0.322 e. The lowest BCUT2D eigenvalue weighted by Crippen LogP contribution is -2.62. The van der Waals surface area contributed by atoms with Crippen LogP contribution in [-0.2, 0) is 10.3 Å². The summed E-state index contributed by atoms with van der Waals surface area (Å²) in [6.07, 6.45) is 11.9. The summed E-state index contributed by atoms with van der Waals surface area (Å²) >= 11 is 5.81. The Morgan fingerprint density at radius 1 is 1.17 bits per heavy atom. The Morgan fingerprint density at radius 2 is 2.00 bits per heavy atom. The van der Waals surface area contributed by atoms with E-state index >= 15 is 4.39 Å². The van der Waals surface area contributed by atoms with Crippen LogP contribution >= 0.6 is 11.6 Å². The first kappa shape index (κ1) is 27.5. The number of aliphatic imine (C=N–C) groups is 1. The molecule has 41 heavy (non-hydrogen) atoms. The topological polar surface area (TPSA) is 98.7 Å². The average Bonchev–Trinajstić information content (AvgIpc) is 3.72. The van der Waals surface area contributed by atoms with Gasteiger partial charge >= 0.3 is 6.03 Å². The molecular weight excluding hydrogens is 557 g/mol. The van der Waals surface area contributed by atoms with Crippen LogP contribution in [0.4, 0.5) is 29.5 Å². The van der Waals surface area contributed by atoms with Crippen LogP contribution in [-0.4, -0.2) is 52.6 Å². The highest BCUT2D eigenvalue weighted by atomic mass is 35.5. The van der Waals surface area contributed by atoms with Crippen molar-refractivity contribution < 1.29 is 22.8 Å². The summed E-state index contributed by atoms with van der Waals surface area (Å²) in [5.41, 5.74) is 1.13. The van der Waals surface area contributed by atoms with E-state index in [4.69, 9.17) is 11.6 Å². The Bertz CT molecular complexity index is 1460. The predicted octanol–water partition coefficient (Wildman–Crippen LogP) is 5.64. The summed E-state index contributed by atoms with van der Waals surface area (Å²) in [4.78, 5) is 35.0. The number of aromatic nitrogens is 1. The zero-order valence-corrected chi connectivity index (χ0v) is 22.7. The van der Waals surface area contributed by atoms with Crippen LogP contribution in [0.1, 0.15) is 37.7 Å². The number of anilines is 2. The number of hydrogen-bond acceptors (Lipinski definition) is 5. The lowest BCUT2D eigenvalue weighted by molar-refractivity contribution is -0.119. The molecule has 0 bridgehead atoms. The third kappa shape index (κ3) is 5.60. The van der Waals surface area contributed by atoms with E-state index in [1.165, 1.54) is 37.2 Å². The molecular formula is C29H28ClF3N6O2. The number of alkyl halides is 2. The number of amides is 3. The van der Waals surface area contributed by atoms with Gasteiger partial charge in [0.25, 0.3) is 5.92 Å². The number of allylic oxidation sites excluding steroid dienone is 1. The van der Waals surface area contributed by atoms with Gasteiger partial charge in [-0.3, -0.25) is 20.4 Å². The van der Waals surface area contributed by atoms with Gasteiger partial charge in [0.15, 0.2) is 0 Å². The van der Waals surface area contributed by atoms with Crippen LogP contribution in [0.2, 0.25) is 5.02 Å². The van der Waals surface area contributed by atoms with E-state index in [9.17, 15) is 18.4 Å². The maximum atomic E-state index is 15.0. The lowest BCUT2D eigenvalue weighted by Gasteiger charge is -2.52. The lowest BCUT2D eigenvalue weighted by atomic mass is 9.68. The van der Waals surface area contributed by atoms with E-state index in [1.807, 2.05) is 12.2 Å². The van der Waals surface area contributed by atoms with Crippen LogP contribution in [0, 0.1) is 11.7 Å². The molecule has 6 rings (SSSR count). The highest BCUT2D eigenvalue weighted by Gasteiger charge is 2.51. The van der Waals surface area contributed by atoms with Gasteiger partial charge in [0.2, 0.25) is 5.91 Å². The SMILES string of the molecule is O=C(Nc1cc(C2(CCC3CC3)NC3C=CN=CC=C32)ccc1F)[C@H]1CC(F)(F)CN1C(=O)Nc1ccc(Cl)cn1. The number of nitrogens with zero attached hydrogens (tertiary/aromatic N) is 3. The molecule has 0 spiro atoms. The number of hydrogen-bond donors (Lipinski definition) is 3. The second-order valence-corrected chi connectivity index (χ2v) is 11.4. The van der Waals surface area contributed by atoms with E-state index in [1.54, 1.807) is 24.5 Å². The number of rotatable bonds is 7. The van der Waals surface area contributed by atoms with Crippen molar-refractivity contribution in [3.05, 3.63) is 76.9 Å². The molecule has 1 aromatic heterocycles. The van der Waals surface area contributed by atoms with Gasteiger partial charge in [0.1, 0.15) is 17.7 Å². The van der Waals surface area contributed by atoms with E-state index in [0.717, 1.165) is 28.9 Å². The standard InChI is InChI=1S/C29H28ClF3N6O2/c30-19-4-6-25(35-15-19)37-27(41)39-16-28(32,33)14-24(39)26(40)36-23-13-18(3-5-21(23)31)29(10-7-17-1-2-17)20-8-11-34-12-9-22(20)38-29/h3-6,8-9,11-13,15,17,22,24,38H,1-2,7,10,14,16H2,(H,36,40)(H,35,37,41)/t22?,24-,29?/m1/s1. The largest absolute Gasteiger partial charge is 0.323 e. The monoisotopic (exact) mass is 584 g/mol. The number of carbonyl (C=O) groups is 2. The molecule has 8 nitrogen and oxygen atoms in total. The van der Waals surface area contributed by atoms with Gasteiger partial charge in [-0.2, -0.15) is 0 Å². The van der Waals surface area contributed by atoms with Crippen molar-refractivity contribution in [2.75, 3.05) is 17.2 Å². The maximum Gasteiger partial charge on any atom is 0.323 e. The zero-order valence-electron chi connectivity index (χ0n) is 21.9. The molecule has 1 aromatic carbocycles. The van der Waals surface area contributed by atoms with Gasteiger partial charge in [0.05, 0.1) is 28.8 Å². The Morgan fingerprint density at radius 3 is 2.76 bits per heavy atom. The number of urea groups is 1. The van der Waals surface area contributed by atoms with Gasteiger partial charge < -0.3 is 10.2 Å². The Balaban J connectivity index is 1.23. The van der Waals surface area contributed by atoms with Crippen molar-refractivity contribution in [3.8, 4) is 0 Å². The van der Waals surface area contributed by atoms with Crippen molar-refractivity contribution in [1.29, 1.82) is 0 Å². The fourth-order valence-corrected chi connectivity index (χ4v) is 5.87. The normalized spacial score (nSPS) is 26.0. The van der Waals surface area contributed by atoms with Crippen LogP contribution in [0.3, 0.4) is 0 Å².